The highest BCUT2D eigenvalue weighted by Gasteiger charge is 2.22. The fraction of sp³-hybridized carbons (Fsp3) is 0. The standard InChI is InChI=1S/C39H24N2O/c42-39-38-37(25-22-23-31-29-16-5-4-14-27(29)28-15-6-7-17-30(28)33(31)24-25)32-18-8-9-19-34(32)41(38)36-21-11-10-20-35(36)40(39)26-12-2-1-3-13-26/h1-24H. The summed E-state index contributed by atoms with van der Waals surface area (Å²) in [5.41, 5.74) is 6.41. The van der Waals surface area contributed by atoms with Crippen molar-refractivity contribution < 1.29 is 0 Å². The third-order valence-corrected chi connectivity index (χ3v) is 8.69. The van der Waals surface area contributed by atoms with Gasteiger partial charge < -0.3 is 4.40 Å². The van der Waals surface area contributed by atoms with Crippen molar-refractivity contribution in [1.29, 1.82) is 0 Å². The van der Waals surface area contributed by atoms with E-state index in [2.05, 4.69) is 101 Å². The molecule has 0 saturated carbocycles. The van der Waals surface area contributed by atoms with Gasteiger partial charge in [-0.05, 0) is 74.3 Å². The molecule has 9 rings (SSSR count). The Kier molecular flexibility index (Phi) is 4.76. The number of para-hydroxylation sites is 4. The van der Waals surface area contributed by atoms with Crippen LogP contribution >= 0.6 is 0 Å². The van der Waals surface area contributed by atoms with Crippen LogP contribution in [0.3, 0.4) is 0 Å². The molecule has 0 aliphatic heterocycles. The number of rotatable bonds is 2. The van der Waals surface area contributed by atoms with Gasteiger partial charge in [-0.25, -0.2) is 0 Å². The molecule has 0 bridgehead atoms. The zero-order valence-corrected chi connectivity index (χ0v) is 22.7. The molecule has 7 aromatic carbocycles. The summed E-state index contributed by atoms with van der Waals surface area (Å²) in [6.45, 7) is 0. The van der Waals surface area contributed by atoms with Crippen LogP contribution in [-0.2, 0) is 0 Å². The Morgan fingerprint density at radius 3 is 1.57 bits per heavy atom. The normalized spacial score (nSPS) is 11.9. The average Bonchev–Trinajstić information content (AvgIpc) is 3.41. The second kappa shape index (κ2) is 8.66. The van der Waals surface area contributed by atoms with Crippen LogP contribution in [0, 0.1) is 0 Å². The van der Waals surface area contributed by atoms with Gasteiger partial charge in [-0.1, -0.05) is 109 Å². The largest absolute Gasteiger partial charge is 0.302 e. The maximum atomic E-state index is 14.7. The second-order valence-electron chi connectivity index (χ2n) is 10.9. The number of hydrogen-bond donors (Lipinski definition) is 0. The molecule has 0 unspecified atom stereocenters. The van der Waals surface area contributed by atoms with Crippen LogP contribution in [0.5, 0.6) is 0 Å². The predicted octanol–water partition coefficient (Wildman–Crippen LogP) is 9.52. The summed E-state index contributed by atoms with van der Waals surface area (Å²) >= 11 is 0. The van der Waals surface area contributed by atoms with Gasteiger partial charge in [0.05, 0.1) is 16.6 Å². The quantitative estimate of drug-likeness (QED) is 0.202. The molecule has 9 aromatic rings. The monoisotopic (exact) mass is 536 g/mol. The molecule has 0 N–H and O–H groups in total. The van der Waals surface area contributed by atoms with Crippen molar-refractivity contribution in [3.63, 3.8) is 0 Å². The van der Waals surface area contributed by atoms with Crippen LogP contribution in [0.1, 0.15) is 0 Å². The number of fused-ring (bicyclic) bond motifs is 11. The van der Waals surface area contributed by atoms with Crippen molar-refractivity contribution in [1.82, 2.24) is 8.97 Å². The summed E-state index contributed by atoms with van der Waals surface area (Å²) in [5, 5.41) is 8.42. The molecule has 0 atom stereocenters. The first-order valence-corrected chi connectivity index (χ1v) is 14.3. The highest BCUT2D eigenvalue weighted by Crippen LogP contribution is 2.41. The summed E-state index contributed by atoms with van der Waals surface area (Å²) < 4.78 is 4.02. The van der Waals surface area contributed by atoms with Crippen molar-refractivity contribution in [3.8, 4) is 16.8 Å². The average molecular weight is 537 g/mol. The fourth-order valence-electron chi connectivity index (χ4n) is 6.94. The molecule has 0 saturated heterocycles. The molecule has 0 fully saturated rings. The maximum absolute atomic E-state index is 14.7. The number of benzene rings is 7. The van der Waals surface area contributed by atoms with Crippen LogP contribution in [0.15, 0.2) is 150 Å². The maximum Gasteiger partial charge on any atom is 0.280 e. The van der Waals surface area contributed by atoms with Gasteiger partial charge in [0.2, 0.25) is 0 Å². The Morgan fingerprint density at radius 1 is 0.405 bits per heavy atom. The molecule has 0 radical (unpaired) electrons. The van der Waals surface area contributed by atoms with Gasteiger partial charge in [0.25, 0.3) is 5.56 Å². The van der Waals surface area contributed by atoms with E-state index < -0.39 is 0 Å². The van der Waals surface area contributed by atoms with Gasteiger partial charge in [0.1, 0.15) is 5.52 Å². The minimum Gasteiger partial charge on any atom is -0.302 e. The molecular weight excluding hydrogens is 512 g/mol. The van der Waals surface area contributed by atoms with E-state index in [-0.39, 0.29) is 5.56 Å². The molecular formula is C39H24N2O. The third-order valence-electron chi connectivity index (χ3n) is 8.69. The van der Waals surface area contributed by atoms with E-state index in [1.54, 1.807) is 0 Å². The SMILES string of the molecule is O=c1c2c(-c3ccc4c5ccccc5c5ccccc5c4c3)c3ccccc3n2c2ccccc2n1-c1ccccc1. The van der Waals surface area contributed by atoms with Gasteiger partial charge in [-0.15, -0.1) is 0 Å². The smallest absolute Gasteiger partial charge is 0.280 e. The Labute approximate surface area is 241 Å². The highest BCUT2D eigenvalue weighted by atomic mass is 16.1. The summed E-state index contributed by atoms with van der Waals surface area (Å²) in [6, 6.07) is 50.5. The minimum atomic E-state index is -0.0328. The van der Waals surface area contributed by atoms with Gasteiger partial charge in [0, 0.05) is 16.6 Å². The predicted molar refractivity (Wildman–Crippen MR) is 176 cm³/mol. The van der Waals surface area contributed by atoms with Crippen molar-refractivity contribution >= 4 is 59.8 Å². The van der Waals surface area contributed by atoms with Crippen LogP contribution in [0.25, 0.3) is 76.6 Å². The minimum absolute atomic E-state index is 0.0328. The van der Waals surface area contributed by atoms with Gasteiger partial charge in [-0.3, -0.25) is 9.36 Å². The molecule has 0 spiro atoms. The van der Waals surface area contributed by atoms with Crippen LogP contribution in [-0.4, -0.2) is 8.97 Å². The summed E-state index contributed by atoms with van der Waals surface area (Å²) in [7, 11) is 0. The molecule has 2 aromatic heterocycles. The van der Waals surface area contributed by atoms with Gasteiger partial charge in [0.15, 0.2) is 0 Å². The Bertz CT molecular complexity index is 2550. The molecule has 0 amide bonds. The van der Waals surface area contributed by atoms with Gasteiger partial charge >= 0.3 is 0 Å². The molecule has 0 aliphatic rings. The van der Waals surface area contributed by atoms with E-state index in [0.717, 1.165) is 38.8 Å². The van der Waals surface area contributed by atoms with E-state index in [9.17, 15) is 4.79 Å². The lowest BCUT2D eigenvalue weighted by molar-refractivity contribution is 1.03. The Hall–Kier alpha value is -5.67. The summed E-state index contributed by atoms with van der Waals surface area (Å²) in [5.74, 6) is 0. The van der Waals surface area contributed by atoms with E-state index in [4.69, 9.17) is 0 Å². The molecule has 196 valence electrons. The second-order valence-corrected chi connectivity index (χ2v) is 10.9. The lowest BCUT2D eigenvalue weighted by Gasteiger charge is -2.14. The molecule has 0 aliphatic carbocycles. The van der Waals surface area contributed by atoms with Crippen molar-refractivity contribution in [2.45, 2.75) is 0 Å². The molecule has 42 heavy (non-hydrogen) atoms. The lowest BCUT2D eigenvalue weighted by Crippen LogP contribution is -2.21. The topological polar surface area (TPSA) is 26.4 Å². The van der Waals surface area contributed by atoms with Crippen LogP contribution < -0.4 is 5.56 Å². The summed E-state index contributed by atoms with van der Waals surface area (Å²) in [4.78, 5) is 14.7. The summed E-state index contributed by atoms with van der Waals surface area (Å²) in [6.07, 6.45) is 0. The Morgan fingerprint density at radius 2 is 0.905 bits per heavy atom. The first kappa shape index (κ1) is 23.1. The zero-order chi connectivity index (χ0) is 27.8. The van der Waals surface area contributed by atoms with E-state index in [1.165, 1.54) is 32.3 Å². The van der Waals surface area contributed by atoms with Crippen LogP contribution in [0.4, 0.5) is 0 Å². The third kappa shape index (κ3) is 3.08. The van der Waals surface area contributed by atoms with E-state index >= 15 is 0 Å². The van der Waals surface area contributed by atoms with Crippen LogP contribution in [0.2, 0.25) is 0 Å². The molecule has 3 nitrogen and oxygen atoms in total. The number of aromatic nitrogens is 2. The van der Waals surface area contributed by atoms with Crippen molar-refractivity contribution in [3.05, 3.63) is 156 Å². The first-order chi connectivity index (χ1) is 20.8. The Balaban J connectivity index is 1.48. The molecule has 3 heteroatoms. The van der Waals surface area contributed by atoms with Crippen molar-refractivity contribution in [2.75, 3.05) is 0 Å². The lowest BCUT2D eigenvalue weighted by atomic mass is 9.91. The fourth-order valence-corrected chi connectivity index (χ4v) is 6.94. The van der Waals surface area contributed by atoms with Crippen molar-refractivity contribution in [2.24, 2.45) is 0 Å². The molecule has 2 heterocycles. The van der Waals surface area contributed by atoms with E-state index in [1.807, 2.05) is 53.1 Å². The number of nitrogens with zero attached hydrogens (tertiary/aromatic N) is 2. The van der Waals surface area contributed by atoms with Gasteiger partial charge in [-0.2, -0.15) is 0 Å². The first-order valence-electron chi connectivity index (χ1n) is 14.3. The highest BCUT2D eigenvalue weighted by molar-refractivity contribution is 6.26. The van der Waals surface area contributed by atoms with E-state index in [0.29, 0.717) is 5.52 Å². The number of hydrogen-bond acceptors (Lipinski definition) is 1. The zero-order valence-electron chi connectivity index (χ0n) is 22.7.